The van der Waals surface area contributed by atoms with E-state index in [0.717, 1.165) is 0 Å². The van der Waals surface area contributed by atoms with Gasteiger partial charge in [-0.2, -0.15) is 0 Å². The molecule has 1 heterocycles. The molecule has 6 nitrogen and oxygen atoms in total. The van der Waals surface area contributed by atoms with E-state index in [-0.39, 0.29) is 6.54 Å². The molecular formula is C15H20N2O4S. The molecule has 0 atom stereocenters. The maximum atomic E-state index is 11.7. The molecule has 0 aliphatic rings. The van der Waals surface area contributed by atoms with Crippen LogP contribution in [0.2, 0.25) is 0 Å². The maximum Gasteiger partial charge on any atom is 0.408 e. The topological polar surface area (TPSA) is 77.5 Å². The number of hydrogen-bond donors (Lipinski definition) is 1. The average molecular weight is 324 g/mol. The fraction of sp³-hybridized carbons (Fsp3) is 0.533. The molecule has 22 heavy (non-hydrogen) atoms. The third-order valence-electron chi connectivity index (χ3n) is 2.17. The van der Waals surface area contributed by atoms with E-state index in [1.807, 2.05) is 0 Å². The summed E-state index contributed by atoms with van der Waals surface area (Å²) in [4.78, 5) is 27.7. The number of aryl methyl sites for hydroxylation is 1. The number of carbonyl (C=O) groups is 2. The minimum absolute atomic E-state index is 0.141. The molecule has 0 saturated carbocycles. The molecule has 0 bridgehead atoms. The lowest BCUT2D eigenvalue weighted by Gasteiger charge is -2.18. The fourth-order valence-corrected chi connectivity index (χ4v) is 2.22. The van der Waals surface area contributed by atoms with Crippen molar-refractivity contribution in [1.82, 2.24) is 10.3 Å². The molecule has 1 rings (SSSR count). The molecule has 1 amide bonds. The number of ether oxygens (including phenoxy) is 2. The second kappa shape index (κ2) is 7.80. The van der Waals surface area contributed by atoms with E-state index >= 15 is 0 Å². The molecule has 7 heteroatoms. The normalized spacial score (nSPS) is 10.4. The molecule has 0 radical (unpaired) electrons. The molecule has 0 aliphatic heterocycles. The second-order valence-corrected chi connectivity index (χ2v) is 6.31. The van der Waals surface area contributed by atoms with E-state index in [9.17, 15) is 9.59 Å². The molecule has 0 spiro atoms. The number of nitrogens with one attached hydrogen (secondary N) is 1. The summed E-state index contributed by atoms with van der Waals surface area (Å²) in [7, 11) is 0. The maximum absolute atomic E-state index is 11.7. The highest BCUT2D eigenvalue weighted by Crippen LogP contribution is 2.18. The smallest absolute Gasteiger partial charge is 0.408 e. The Morgan fingerprint density at radius 2 is 2.05 bits per heavy atom. The van der Waals surface area contributed by atoms with Crippen LogP contribution in [0, 0.1) is 18.8 Å². The Bertz CT molecular complexity index is 605. The predicted octanol–water partition coefficient (Wildman–Crippen LogP) is 2.50. The summed E-state index contributed by atoms with van der Waals surface area (Å²) in [6, 6.07) is 0. The van der Waals surface area contributed by atoms with Gasteiger partial charge in [0.25, 0.3) is 0 Å². The number of rotatable bonds is 3. The summed E-state index contributed by atoms with van der Waals surface area (Å²) in [5.74, 6) is 5.17. The highest BCUT2D eigenvalue weighted by Gasteiger charge is 2.16. The van der Waals surface area contributed by atoms with Gasteiger partial charge in [-0.05, 0) is 40.5 Å². The summed E-state index contributed by atoms with van der Waals surface area (Å²) in [6.07, 6.45) is -0.524. The Hall–Kier alpha value is -2.07. The van der Waals surface area contributed by atoms with Crippen molar-refractivity contribution in [3.05, 3.63) is 15.6 Å². The van der Waals surface area contributed by atoms with E-state index in [4.69, 9.17) is 9.47 Å². The van der Waals surface area contributed by atoms with Gasteiger partial charge >= 0.3 is 12.1 Å². The van der Waals surface area contributed by atoms with Crippen LogP contribution in [0.25, 0.3) is 0 Å². The van der Waals surface area contributed by atoms with Gasteiger partial charge in [0.1, 0.15) is 10.5 Å². The van der Waals surface area contributed by atoms with Crippen LogP contribution in [0.5, 0.6) is 0 Å². The van der Waals surface area contributed by atoms with E-state index in [0.29, 0.717) is 22.2 Å². The zero-order valence-corrected chi connectivity index (χ0v) is 14.2. The van der Waals surface area contributed by atoms with Crippen LogP contribution < -0.4 is 5.32 Å². The van der Waals surface area contributed by atoms with Crippen LogP contribution >= 0.6 is 11.3 Å². The first-order valence-electron chi connectivity index (χ1n) is 6.83. The van der Waals surface area contributed by atoms with Gasteiger partial charge in [-0.25, -0.2) is 14.6 Å². The quantitative estimate of drug-likeness (QED) is 0.683. The fourth-order valence-electron chi connectivity index (χ4n) is 1.39. The van der Waals surface area contributed by atoms with Crippen molar-refractivity contribution in [3.8, 4) is 11.8 Å². The molecule has 0 fully saturated rings. The molecule has 0 aromatic carbocycles. The molecule has 120 valence electrons. The van der Waals surface area contributed by atoms with Crippen LogP contribution in [0.1, 0.15) is 48.1 Å². The monoisotopic (exact) mass is 324 g/mol. The molecular weight excluding hydrogens is 304 g/mol. The van der Waals surface area contributed by atoms with E-state index in [1.54, 1.807) is 34.6 Å². The van der Waals surface area contributed by atoms with E-state index < -0.39 is 17.7 Å². The van der Waals surface area contributed by atoms with Gasteiger partial charge in [0.2, 0.25) is 0 Å². The Morgan fingerprint density at radius 1 is 1.36 bits per heavy atom. The van der Waals surface area contributed by atoms with Crippen molar-refractivity contribution >= 4 is 23.4 Å². The SMILES string of the molecule is CCOC(=O)c1sc(C#CCNC(=O)OC(C)(C)C)nc1C. The minimum atomic E-state index is -0.543. The average Bonchev–Trinajstić information content (AvgIpc) is 2.74. The number of hydrogen-bond acceptors (Lipinski definition) is 6. The Balaban J connectivity index is 2.57. The highest BCUT2D eigenvalue weighted by atomic mass is 32.1. The van der Waals surface area contributed by atoms with Crippen molar-refractivity contribution < 1.29 is 19.1 Å². The first-order chi connectivity index (χ1) is 10.2. The number of nitrogens with zero attached hydrogens (tertiary/aromatic N) is 1. The van der Waals surface area contributed by atoms with Crippen LogP contribution in [-0.4, -0.2) is 35.8 Å². The van der Waals surface area contributed by atoms with Crippen molar-refractivity contribution in [1.29, 1.82) is 0 Å². The lowest BCUT2D eigenvalue weighted by molar-refractivity contribution is 0.0522. The van der Waals surface area contributed by atoms with Gasteiger partial charge in [-0.15, -0.1) is 0 Å². The molecule has 0 aliphatic carbocycles. The number of amides is 1. The third kappa shape index (κ3) is 6.14. The molecule has 1 aromatic rings. The Labute approximate surface area is 134 Å². The lowest BCUT2D eigenvalue weighted by Crippen LogP contribution is -2.32. The van der Waals surface area contributed by atoms with Gasteiger partial charge < -0.3 is 14.8 Å². The van der Waals surface area contributed by atoms with Crippen LogP contribution in [0.15, 0.2) is 0 Å². The Kier molecular flexibility index (Phi) is 6.38. The number of thiazole rings is 1. The molecule has 1 aromatic heterocycles. The number of aromatic nitrogens is 1. The van der Waals surface area contributed by atoms with Gasteiger partial charge in [0.05, 0.1) is 18.8 Å². The van der Waals surface area contributed by atoms with Gasteiger partial charge in [0, 0.05) is 0 Å². The highest BCUT2D eigenvalue weighted by molar-refractivity contribution is 7.14. The predicted molar refractivity (Wildman–Crippen MR) is 83.9 cm³/mol. The zero-order valence-electron chi connectivity index (χ0n) is 13.4. The third-order valence-corrected chi connectivity index (χ3v) is 3.23. The van der Waals surface area contributed by atoms with Crippen molar-refractivity contribution in [2.45, 2.75) is 40.2 Å². The molecule has 1 N–H and O–H groups in total. The van der Waals surface area contributed by atoms with Crippen LogP contribution in [0.4, 0.5) is 4.79 Å². The zero-order chi connectivity index (χ0) is 16.8. The number of esters is 1. The number of alkyl carbamates (subject to hydrolysis) is 1. The first-order valence-corrected chi connectivity index (χ1v) is 7.65. The molecule has 0 saturated heterocycles. The largest absolute Gasteiger partial charge is 0.462 e. The summed E-state index contributed by atoms with van der Waals surface area (Å²) >= 11 is 1.17. The second-order valence-electron chi connectivity index (χ2n) is 5.31. The van der Waals surface area contributed by atoms with Crippen LogP contribution in [0.3, 0.4) is 0 Å². The standard InChI is InChI=1S/C15H20N2O4S/c1-6-20-13(18)12-10(2)17-11(22-12)8-7-9-16-14(19)21-15(3,4)5/h6,9H2,1-5H3,(H,16,19). The first kappa shape index (κ1) is 18.0. The van der Waals surface area contributed by atoms with Crippen molar-refractivity contribution in [3.63, 3.8) is 0 Å². The van der Waals surface area contributed by atoms with Gasteiger partial charge in [-0.1, -0.05) is 17.3 Å². The summed E-state index contributed by atoms with van der Waals surface area (Å²) < 4.78 is 10.0. The van der Waals surface area contributed by atoms with Crippen molar-refractivity contribution in [2.24, 2.45) is 0 Å². The van der Waals surface area contributed by atoms with E-state index in [1.165, 1.54) is 11.3 Å². The summed E-state index contributed by atoms with van der Waals surface area (Å²) in [5, 5.41) is 3.03. The number of carbonyl (C=O) groups excluding carboxylic acids is 2. The summed E-state index contributed by atoms with van der Waals surface area (Å²) in [6.45, 7) is 9.29. The Morgan fingerprint density at radius 3 is 2.64 bits per heavy atom. The minimum Gasteiger partial charge on any atom is -0.462 e. The van der Waals surface area contributed by atoms with Gasteiger partial charge in [-0.3, -0.25) is 0 Å². The van der Waals surface area contributed by atoms with E-state index in [2.05, 4.69) is 22.1 Å². The lowest BCUT2D eigenvalue weighted by atomic mass is 10.2. The molecule has 0 unspecified atom stereocenters. The van der Waals surface area contributed by atoms with Gasteiger partial charge in [0.15, 0.2) is 5.01 Å². The van der Waals surface area contributed by atoms with Crippen molar-refractivity contribution in [2.75, 3.05) is 13.2 Å². The summed E-state index contributed by atoms with van der Waals surface area (Å²) in [5.41, 5.74) is 0.0474. The van der Waals surface area contributed by atoms with Crippen LogP contribution in [-0.2, 0) is 9.47 Å².